The molecule has 140 valence electrons. The van der Waals surface area contributed by atoms with Crippen molar-refractivity contribution >= 4 is 0 Å². The van der Waals surface area contributed by atoms with Gasteiger partial charge in [-0.15, -0.1) is 0 Å². The lowest BCUT2D eigenvalue weighted by Gasteiger charge is -2.14. The zero-order valence-corrected chi connectivity index (χ0v) is 14.5. The molecule has 27 heavy (non-hydrogen) atoms. The number of hydrogen-bond donors (Lipinski definition) is 1. The quantitative estimate of drug-likeness (QED) is 0.562. The van der Waals surface area contributed by atoms with Crippen LogP contribution in [0.25, 0.3) is 11.1 Å². The van der Waals surface area contributed by atoms with Gasteiger partial charge in [0.05, 0.1) is 5.56 Å². The third kappa shape index (κ3) is 4.28. The van der Waals surface area contributed by atoms with E-state index < -0.39 is 17.6 Å². The largest absolute Gasteiger partial charge is 0.457 e. The molecule has 0 aliphatic rings. The lowest BCUT2D eigenvalue weighted by atomic mass is 9.98. The number of hydrogen-bond acceptors (Lipinski definition) is 2. The molecule has 0 saturated heterocycles. The minimum absolute atomic E-state index is 0.167. The number of halogens is 4. The highest BCUT2D eigenvalue weighted by molar-refractivity contribution is 5.68. The SMILES string of the molecule is Cc1cccc(Oc2cccc(-c3cc(C(F)(F)F)cc(CN)c3F)c2)c1. The van der Waals surface area contributed by atoms with Gasteiger partial charge in [0.2, 0.25) is 0 Å². The molecular formula is C21H17F4NO. The first-order chi connectivity index (χ1) is 12.8. The predicted molar refractivity (Wildman–Crippen MR) is 96.0 cm³/mol. The van der Waals surface area contributed by atoms with E-state index in [2.05, 4.69) is 0 Å². The summed E-state index contributed by atoms with van der Waals surface area (Å²) in [5.41, 5.74) is 5.40. The molecule has 2 nitrogen and oxygen atoms in total. The van der Waals surface area contributed by atoms with Gasteiger partial charge in [0.1, 0.15) is 17.3 Å². The third-order valence-corrected chi connectivity index (χ3v) is 4.07. The topological polar surface area (TPSA) is 35.2 Å². The van der Waals surface area contributed by atoms with Crippen molar-refractivity contribution in [2.75, 3.05) is 0 Å². The Labute approximate surface area is 154 Å². The van der Waals surface area contributed by atoms with Crippen LogP contribution in [0.4, 0.5) is 17.6 Å². The first-order valence-corrected chi connectivity index (χ1v) is 8.22. The molecule has 0 unspecified atom stereocenters. The smallest absolute Gasteiger partial charge is 0.416 e. The Hall–Kier alpha value is -2.86. The number of alkyl halides is 3. The molecule has 0 amide bonds. The Kier molecular flexibility index (Phi) is 5.19. The van der Waals surface area contributed by atoms with Crippen molar-refractivity contribution < 1.29 is 22.3 Å². The second-order valence-electron chi connectivity index (χ2n) is 6.15. The van der Waals surface area contributed by atoms with Crippen LogP contribution in [0, 0.1) is 12.7 Å². The first-order valence-electron chi connectivity index (χ1n) is 8.22. The maximum atomic E-state index is 14.7. The molecular weight excluding hydrogens is 358 g/mol. The van der Waals surface area contributed by atoms with E-state index in [9.17, 15) is 17.6 Å². The Bertz CT molecular complexity index is 967. The van der Waals surface area contributed by atoms with Crippen LogP contribution < -0.4 is 10.5 Å². The van der Waals surface area contributed by atoms with Crippen LogP contribution in [-0.4, -0.2) is 0 Å². The van der Waals surface area contributed by atoms with E-state index in [0.29, 0.717) is 11.5 Å². The molecule has 0 aromatic heterocycles. The summed E-state index contributed by atoms with van der Waals surface area (Å²) < 4.78 is 59.8. The fourth-order valence-corrected chi connectivity index (χ4v) is 2.75. The molecule has 0 heterocycles. The van der Waals surface area contributed by atoms with Gasteiger partial charge in [0, 0.05) is 17.7 Å². The van der Waals surface area contributed by atoms with E-state index >= 15 is 0 Å². The molecule has 3 aromatic carbocycles. The highest BCUT2D eigenvalue weighted by Crippen LogP contribution is 2.36. The summed E-state index contributed by atoms with van der Waals surface area (Å²) >= 11 is 0. The Morgan fingerprint density at radius 3 is 2.22 bits per heavy atom. The van der Waals surface area contributed by atoms with Gasteiger partial charge < -0.3 is 10.5 Å². The molecule has 0 radical (unpaired) electrons. The maximum absolute atomic E-state index is 14.7. The Morgan fingerprint density at radius 2 is 1.59 bits per heavy atom. The highest BCUT2D eigenvalue weighted by Gasteiger charge is 2.32. The maximum Gasteiger partial charge on any atom is 0.416 e. The van der Waals surface area contributed by atoms with Crippen LogP contribution in [-0.2, 0) is 12.7 Å². The number of aryl methyl sites for hydroxylation is 1. The van der Waals surface area contributed by atoms with Crippen LogP contribution in [0.2, 0.25) is 0 Å². The molecule has 0 fully saturated rings. The molecule has 0 spiro atoms. The average Bonchev–Trinajstić information content (AvgIpc) is 2.61. The van der Waals surface area contributed by atoms with Crippen molar-refractivity contribution in [3.63, 3.8) is 0 Å². The van der Waals surface area contributed by atoms with Crippen molar-refractivity contribution in [1.82, 2.24) is 0 Å². The second kappa shape index (κ2) is 7.40. The molecule has 2 N–H and O–H groups in total. The molecule has 0 aliphatic carbocycles. The van der Waals surface area contributed by atoms with Crippen molar-refractivity contribution in [2.24, 2.45) is 5.73 Å². The van der Waals surface area contributed by atoms with E-state index in [4.69, 9.17) is 10.5 Å². The van der Waals surface area contributed by atoms with Gasteiger partial charge in [-0.25, -0.2) is 4.39 Å². The fourth-order valence-electron chi connectivity index (χ4n) is 2.75. The van der Waals surface area contributed by atoms with Crippen molar-refractivity contribution in [3.8, 4) is 22.6 Å². The van der Waals surface area contributed by atoms with Crippen molar-refractivity contribution in [2.45, 2.75) is 19.6 Å². The summed E-state index contributed by atoms with van der Waals surface area (Å²) in [5, 5.41) is 0. The summed E-state index contributed by atoms with van der Waals surface area (Å²) in [6.07, 6.45) is -4.60. The van der Waals surface area contributed by atoms with Crippen molar-refractivity contribution in [3.05, 3.63) is 83.2 Å². The van der Waals surface area contributed by atoms with E-state index in [1.807, 2.05) is 25.1 Å². The van der Waals surface area contributed by atoms with E-state index in [1.54, 1.807) is 18.2 Å². The molecule has 0 bridgehead atoms. The van der Waals surface area contributed by atoms with Crippen LogP contribution in [0.3, 0.4) is 0 Å². The molecule has 0 atom stereocenters. The van der Waals surface area contributed by atoms with E-state index in [0.717, 1.165) is 17.7 Å². The zero-order valence-electron chi connectivity index (χ0n) is 14.5. The lowest BCUT2D eigenvalue weighted by Crippen LogP contribution is -2.10. The molecule has 0 saturated carbocycles. The summed E-state index contributed by atoms with van der Waals surface area (Å²) in [7, 11) is 0. The summed E-state index contributed by atoms with van der Waals surface area (Å²) in [6.45, 7) is 1.58. The molecule has 6 heteroatoms. The Balaban J connectivity index is 2.04. The van der Waals surface area contributed by atoms with Crippen LogP contribution in [0.5, 0.6) is 11.5 Å². The van der Waals surface area contributed by atoms with E-state index in [-0.39, 0.29) is 23.2 Å². The van der Waals surface area contributed by atoms with Crippen LogP contribution in [0.1, 0.15) is 16.7 Å². The molecule has 0 aliphatic heterocycles. The van der Waals surface area contributed by atoms with Gasteiger partial charge in [0.15, 0.2) is 0 Å². The Morgan fingerprint density at radius 1 is 0.926 bits per heavy atom. The average molecular weight is 375 g/mol. The molecule has 3 aromatic rings. The third-order valence-electron chi connectivity index (χ3n) is 4.07. The van der Waals surface area contributed by atoms with Crippen LogP contribution >= 0.6 is 0 Å². The highest BCUT2D eigenvalue weighted by atomic mass is 19.4. The minimum atomic E-state index is -4.60. The minimum Gasteiger partial charge on any atom is -0.457 e. The lowest BCUT2D eigenvalue weighted by molar-refractivity contribution is -0.137. The van der Waals surface area contributed by atoms with Gasteiger partial charge in [-0.05, 0) is 54.4 Å². The normalized spacial score (nSPS) is 11.5. The van der Waals surface area contributed by atoms with Crippen molar-refractivity contribution in [1.29, 1.82) is 0 Å². The van der Waals surface area contributed by atoms with Gasteiger partial charge in [-0.1, -0.05) is 24.3 Å². The zero-order chi connectivity index (χ0) is 19.6. The standard InChI is InChI=1S/C21H17F4NO/c1-13-4-2-6-17(8-13)27-18-7-3-5-14(10-18)19-11-16(21(23,24)25)9-15(12-26)20(19)22/h2-11H,12,26H2,1H3. The van der Waals surface area contributed by atoms with Gasteiger partial charge >= 0.3 is 6.18 Å². The fraction of sp³-hybridized carbons (Fsp3) is 0.143. The monoisotopic (exact) mass is 375 g/mol. The van der Waals surface area contributed by atoms with Gasteiger partial charge in [-0.2, -0.15) is 13.2 Å². The number of nitrogens with two attached hydrogens (primary N) is 1. The number of benzene rings is 3. The van der Waals surface area contributed by atoms with E-state index in [1.165, 1.54) is 12.1 Å². The molecule has 3 rings (SSSR count). The van der Waals surface area contributed by atoms with Gasteiger partial charge in [0.25, 0.3) is 0 Å². The summed E-state index contributed by atoms with van der Waals surface area (Å²) in [4.78, 5) is 0. The predicted octanol–water partition coefficient (Wildman–Crippen LogP) is 6.07. The number of ether oxygens (including phenoxy) is 1. The number of rotatable bonds is 4. The van der Waals surface area contributed by atoms with Gasteiger partial charge in [-0.3, -0.25) is 0 Å². The first kappa shape index (κ1) is 18.9. The van der Waals surface area contributed by atoms with Crippen LogP contribution in [0.15, 0.2) is 60.7 Å². The summed E-state index contributed by atoms with van der Waals surface area (Å²) in [6, 6.07) is 15.1. The second-order valence-corrected chi connectivity index (χ2v) is 6.15. The summed E-state index contributed by atoms with van der Waals surface area (Å²) in [5.74, 6) is 0.210.